The summed E-state index contributed by atoms with van der Waals surface area (Å²) in [5.41, 5.74) is 2.94. The smallest absolute Gasteiger partial charge is 0.126 e. The van der Waals surface area contributed by atoms with Gasteiger partial charge in [0.15, 0.2) is 0 Å². The maximum Gasteiger partial charge on any atom is 0.126 e. The van der Waals surface area contributed by atoms with Gasteiger partial charge >= 0.3 is 0 Å². The van der Waals surface area contributed by atoms with Crippen molar-refractivity contribution in [2.24, 2.45) is 0 Å². The fourth-order valence-corrected chi connectivity index (χ4v) is 2.60. The van der Waals surface area contributed by atoms with Gasteiger partial charge in [0.1, 0.15) is 5.82 Å². The normalized spacial score (nSPS) is 18.2. The first-order chi connectivity index (χ1) is 8.81. The predicted octanol–water partition coefficient (Wildman–Crippen LogP) is 3.70. The van der Waals surface area contributed by atoms with Crippen LogP contribution in [0.4, 0.5) is 5.82 Å². The van der Waals surface area contributed by atoms with E-state index in [2.05, 4.69) is 34.6 Å². The molecule has 1 aliphatic carbocycles. The van der Waals surface area contributed by atoms with E-state index in [0.717, 1.165) is 25.1 Å². The molecular formula is C15H15ClN2. The zero-order valence-corrected chi connectivity index (χ0v) is 10.8. The van der Waals surface area contributed by atoms with Gasteiger partial charge in [0, 0.05) is 12.2 Å². The highest BCUT2D eigenvalue weighted by atomic mass is 35.5. The molecule has 1 aromatic carbocycles. The molecule has 1 aliphatic rings. The van der Waals surface area contributed by atoms with Gasteiger partial charge in [0.2, 0.25) is 0 Å². The molecule has 92 valence electrons. The van der Waals surface area contributed by atoms with Gasteiger partial charge in [-0.3, -0.25) is 0 Å². The van der Waals surface area contributed by atoms with E-state index in [4.69, 9.17) is 11.6 Å². The summed E-state index contributed by atoms with van der Waals surface area (Å²) < 4.78 is 0. The van der Waals surface area contributed by atoms with E-state index >= 15 is 0 Å². The number of nitrogens with zero attached hydrogens (tertiary/aromatic N) is 1. The van der Waals surface area contributed by atoms with Crippen LogP contribution in [0.15, 0.2) is 42.6 Å². The number of pyridine rings is 1. The molecular weight excluding hydrogens is 244 g/mol. The number of benzene rings is 1. The van der Waals surface area contributed by atoms with E-state index in [9.17, 15) is 0 Å². The third kappa shape index (κ3) is 2.49. The average molecular weight is 259 g/mol. The maximum atomic E-state index is 5.83. The van der Waals surface area contributed by atoms with Gasteiger partial charge in [0.25, 0.3) is 0 Å². The Labute approximate surface area is 112 Å². The van der Waals surface area contributed by atoms with Crippen molar-refractivity contribution in [1.82, 2.24) is 4.98 Å². The van der Waals surface area contributed by atoms with Crippen LogP contribution in [-0.4, -0.2) is 11.0 Å². The number of anilines is 1. The molecule has 1 atom stereocenters. The molecule has 18 heavy (non-hydrogen) atoms. The van der Waals surface area contributed by atoms with E-state index in [1.165, 1.54) is 11.1 Å². The number of fused-ring (bicyclic) bond motifs is 1. The number of hydrogen-bond donors (Lipinski definition) is 1. The van der Waals surface area contributed by atoms with Crippen LogP contribution in [0.25, 0.3) is 0 Å². The molecule has 2 nitrogen and oxygen atoms in total. The van der Waals surface area contributed by atoms with E-state index in [1.54, 1.807) is 6.20 Å². The van der Waals surface area contributed by atoms with Crippen LogP contribution in [0, 0.1) is 0 Å². The van der Waals surface area contributed by atoms with Crippen molar-refractivity contribution in [2.75, 3.05) is 5.32 Å². The SMILES string of the molecule is Clc1ccc(NC2CCc3ccccc3C2)nc1. The third-order valence-corrected chi connectivity index (χ3v) is 3.65. The fourth-order valence-electron chi connectivity index (χ4n) is 2.49. The van der Waals surface area contributed by atoms with Gasteiger partial charge in [-0.25, -0.2) is 4.98 Å². The van der Waals surface area contributed by atoms with Crippen molar-refractivity contribution >= 4 is 17.4 Å². The second kappa shape index (κ2) is 4.99. The van der Waals surface area contributed by atoms with Gasteiger partial charge in [-0.05, 0) is 42.5 Å². The Morgan fingerprint density at radius 3 is 2.72 bits per heavy atom. The maximum absolute atomic E-state index is 5.83. The van der Waals surface area contributed by atoms with Crippen LogP contribution in [0.2, 0.25) is 5.02 Å². The lowest BCUT2D eigenvalue weighted by molar-refractivity contribution is 0.609. The van der Waals surface area contributed by atoms with Crippen LogP contribution >= 0.6 is 11.6 Å². The molecule has 0 fully saturated rings. The second-order valence-corrected chi connectivity index (χ2v) is 5.15. The third-order valence-electron chi connectivity index (χ3n) is 3.43. The summed E-state index contributed by atoms with van der Waals surface area (Å²) in [6.45, 7) is 0. The van der Waals surface area contributed by atoms with Crippen LogP contribution in [0.5, 0.6) is 0 Å². The minimum Gasteiger partial charge on any atom is -0.367 e. The highest BCUT2D eigenvalue weighted by molar-refractivity contribution is 6.30. The minimum atomic E-state index is 0.466. The topological polar surface area (TPSA) is 24.9 Å². The van der Waals surface area contributed by atoms with Gasteiger partial charge in [-0.1, -0.05) is 35.9 Å². The Balaban J connectivity index is 1.71. The summed E-state index contributed by atoms with van der Waals surface area (Å²) in [6, 6.07) is 12.9. The van der Waals surface area contributed by atoms with E-state index in [0.29, 0.717) is 11.1 Å². The molecule has 1 aromatic heterocycles. The number of aromatic nitrogens is 1. The van der Waals surface area contributed by atoms with Crippen molar-refractivity contribution in [3.63, 3.8) is 0 Å². The molecule has 2 aromatic rings. The van der Waals surface area contributed by atoms with E-state index in [1.807, 2.05) is 12.1 Å². The lowest BCUT2D eigenvalue weighted by atomic mass is 9.88. The van der Waals surface area contributed by atoms with E-state index in [-0.39, 0.29) is 0 Å². The predicted molar refractivity (Wildman–Crippen MR) is 75.1 cm³/mol. The molecule has 3 rings (SSSR count). The second-order valence-electron chi connectivity index (χ2n) is 4.71. The molecule has 0 spiro atoms. The van der Waals surface area contributed by atoms with Gasteiger partial charge in [0.05, 0.1) is 5.02 Å². The molecule has 0 saturated carbocycles. The van der Waals surface area contributed by atoms with Crippen LogP contribution in [-0.2, 0) is 12.8 Å². The first-order valence-corrected chi connectivity index (χ1v) is 6.64. The Morgan fingerprint density at radius 2 is 1.94 bits per heavy atom. The highest BCUT2D eigenvalue weighted by Gasteiger charge is 2.17. The Hall–Kier alpha value is -1.54. The van der Waals surface area contributed by atoms with Crippen LogP contribution in [0.3, 0.4) is 0 Å². The molecule has 1 heterocycles. The number of halogens is 1. The van der Waals surface area contributed by atoms with Crippen LogP contribution in [0.1, 0.15) is 17.5 Å². The van der Waals surface area contributed by atoms with Crippen molar-refractivity contribution in [3.8, 4) is 0 Å². The van der Waals surface area contributed by atoms with E-state index < -0.39 is 0 Å². The summed E-state index contributed by atoms with van der Waals surface area (Å²) in [7, 11) is 0. The van der Waals surface area contributed by atoms with Crippen molar-refractivity contribution in [2.45, 2.75) is 25.3 Å². The average Bonchev–Trinajstić information content (AvgIpc) is 2.41. The number of rotatable bonds is 2. The molecule has 0 radical (unpaired) electrons. The minimum absolute atomic E-state index is 0.466. The molecule has 0 amide bonds. The van der Waals surface area contributed by atoms with Crippen molar-refractivity contribution in [1.29, 1.82) is 0 Å². The first-order valence-electron chi connectivity index (χ1n) is 6.26. The van der Waals surface area contributed by atoms with Crippen molar-refractivity contribution < 1.29 is 0 Å². The summed E-state index contributed by atoms with van der Waals surface area (Å²) >= 11 is 5.83. The molecule has 1 unspecified atom stereocenters. The number of hydrogen-bond acceptors (Lipinski definition) is 2. The summed E-state index contributed by atoms with van der Waals surface area (Å²) in [6.07, 6.45) is 5.05. The Kier molecular flexibility index (Phi) is 3.20. The first kappa shape index (κ1) is 11.5. The monoisotopic (exact) mass is 258 g/mol. The lowest BCUT2D eigenvalue weighted by Gasteiger charge is -2.25. The lowest BCUT2D eigenvalue weighted by Crippen LogP contribution is -2.27. The summed E-state index contributed by atoms with van der Waals surface area (Å²) in [5, 5.41) is 4.15. The fraction of sp³-hybridized carbons (Fsp3) is 0.267. The highest BCUT2D eigenvalue weighted by Crippen LogP contribution is 2.23. The summed E-state index contributed by atoms with van der Waals surface area (Å²) in [4.78, 5) is 4.29. The number of aryl methyl sites for hydroxylation is 1. The number of nitrogens with one attached hydrogen (secondary N) is 1. The Morgan fingerprint density at radius 1 is 1.11 bits per heavy atom. The Bertz CT molecular complexity index is 536. The standard InChI is InChI=1S/C15H15ClN2/c16-13-6-8-15(17-10-13)18-14-7-5-11-3-1-2-4-12(11)9-14/h1-4,6,8,10,14H,5,7,9H2,(H,17,18). The molecule has 0 bridgehead atoms. The zero-order chi connectivity index (χ0) is 12.4. The van der Waals surface area contributed by atoms with Gasteiger partial charge < -0.3 is 5.32 Å². The quantitative estimate of drug-likeness (QED) is 0.888. The van der Waals surface area contributed by atoms with Gasteiger partial charge in [-0.15, -0.1) is 0 Å². The molecule has 3 heteroatoms. The molecule has 0 saturated heterocycles. The molecule has 0 aliphatic heterocycles. The van der Waals surface area contributed by atoms with Crippen molar-refractivity contribution in [3.05, 3.63) is 58.7 Å². The zero-order valence-electron chi connectivity index (χ0n) is 10.1. The largest absolute Gasteiger partial charge is 0.367 e. The van der Waals surface area contributed by atoms with Gasteiger partial charge in [-0.2, -0.15) is 0 Å². The summed E-state index contributed by atoms with van der Waals surface area (Å²) in [5.74, 6) is 0.906. The molecule has 1 N–H and O–H groups in total. The van der Waals surface area contributed by atoms with Crippen LogP contribution < -0.4 is 5.32 Å².